The van der Waals surface area contributed by atoms with Gasteiger partial charge in [-0.25, -0.2) is 9.59 Å². The van der Waals surface area contributed by atoms with Crippen molar-refractivity contribution in [2.75, 3.05) is 13.2 Å². The Hall–Kier alpha value is -4.49. The third-order valence-electron chi connectivity index (χ3n) is 11.8. The van der Waals surface area contributed by atoms with Crippen LogP contribution in [0.5, 0.6) is 0 Å². The van der Waals surface area contributed by atoms with Crippen molar-refractivity contribution in [2.24, 2.45) is 0 Å². The summed E-state index contributed by atoms with van der Waals surface area (Å²) in [5.74, 6) is -0.643. The summed E-state index contributed by atoms with van der Waals surface area (Å²) in [7, 11) is 0. The predicted octanol–water partition coefficient (Wildman–Crippen LogP) is 13.8. The van der Waals surface area contributed by atoms with Crippen LogP contribution in [0.3, 0.4) is 0 Å². The maximum absolute atomic E-state index is 12.0. The number of halogens is 1. The molecule has 0 unspecified atom stereocenters. The van der Waals surface area contributed by atoms with Crippen molar-refractivity contribution in [1.82, 2.24) is 0 Å². The summed E-state index contributed by atoms with van der Waals surface area (Å²) in [5.41, 5.74) is 10.0. The molecule has 288 valence electrons. The van der Waals surface area contributed by atoms with Crippen molar-refractivity contribution >= 4 is 66.8 Å². The molecule has 0 N–H and O–H groups in total. The fraction of sp³-hybridized carbons (Fsp3) is 0.333. The number of carbonyl (C=O) groups excluding carboxylic acids is 2. The Labute approximate surface area is 345 Å². The Kier molecular flexibility index (Phi) is 11.5. The van der Waals surface area contributed by atoms with Crippen LogP contribution >= 0.6 is 22.6 Å². The highest BCUT2D eigenvalue weighted by atomic mass is 127. The highest BCUT2D eigenvalue weighted by molar-refractivity contribution is 14.1. The summed E-state index contributed by atoms with van der Waals surface area (Å²) in [6, 6.07) is 32.7. The zero-order valence-corrected chi connectivity index (χ0v) is 35.7. The van der Waals surface area contributed by atoms with Gasteiger partial charge in [-0.1, -0.05) is 126 Å². The van der Waals surface area contributed by atoms with Crippen LogP contribution in [0, 0.1) is 3.57 Å². The predicted molar refractivity (Wildman–Crippen MR) is 242 cm³/mol. The van der Waals surface area contributed by atoms with Crippen LogP contribution in [0.25, 0.3) is 54.6 Å². The minimum atomic E-state index is -0.322. The average molecular weight is 857 g/mol. The Morgan fingerprint density at radius 3 is 1.71 bits per heavy atom. The average Bonchev–Trinajstić information content (AvgIpc) is 3.43. The van der Waals surface area contributed by atoms with Crippen LogP contribution in [0.2, 0.25) is 0 Å². The summed E-state index contributed by atoms with van der Waals surface area (Å²) in [5, 5.41) is 7.82. The van der Waals surface area contributed by atoms with E-state index in [9.17, 15) is 9.59 Å². The van der Waals surface area contributed by atoms with Crippen molar-refractivity contribution < 1.29 is 19.1 Å². The minimum Gasteiger partial charge on any atom is -0.462 e. The molecule has 0 saturated heterocycles. The van der Waals surface area contributed by atoms with E-state index >= 15 is 0 Å². The third-order valence-corrected chi connectivity index (χ3v) is 12.4. The number of unbranched alkanes of at least 4 members (excludes halogenated alkanes) is 4. The molecular weight excluding hydrogens is 803 g/mol. The number of hydrogen-bond donors (Lipinski definition) is 0. The molecule has 0 aromatic heterocycles. The zero-order chi connectivity index (χ0) is 39.8. The number of carbonyl (C=O) groups is 2. The standard InChI is InChI=1S/C51H53IO4/c1-32(2)48(53)55-26-12-8-10-24-51(25-11-9-13-27-56-49(54)33(3)4)44-30-35(17-21-41(44)42-23-19-39(52)31-45(42)51)40-20-16-34-14-15-36-28-38(50(5,6)7)29-37-18-22-43(40)47(34)46(36)37/h14-23,28-31H,1,3,8-13,24-27H2,2,4-7H3. The van der Waals surface area contributed by atoms with Gasteiger partial charge < -0.3 is 9.47 Å². The molecule has 6 aromatic carbocycles. The van der Waals surface area contributed by atoms with Crippen molar-refractivity contribution in [3.05, 3.63) is 129 Å². The van der Waals surface area contributed by atoms with Crippen LogP contribution < -0.4 is 0 Å². The number of hydrogen-bond acceptors (Lipinski definition) is 4. The first kappa shape index (κ1) is 39.7. The van der Waals surface area contributed by atoms with E-state index in [2.05, 4.69) is 141 Å². The van der Waals surface area contributed by atoms with Gasteiger partial charge in [0.25, 0.3) is 0 Å². The highest BCUT2D eigenvalue weighted by Crippen LogP contribution is 2.55. The maximum Gasteiger partial charge on any atom is 0.333 e. The maximum atomic E-state index is 12.0. The Bertz CT molecular complexity index is 2420. The summed E-state index contributed by atoms with van der Waals surface area (Å²) in [4.78, 5) is 24.1. The lowest BCUT2D eigenvalue weighted by Crippen LogP contribution is -2.26. The number of rotatable bonds is 15. The minimum absolute atomic E-state index is 0.0666. The molecule has 0 spiro atoms. The molecule has 7 rings (SSSR count). The van der Waals surface area contributed by atoms with Gasteiger partial charge in [-0.05, 0) is 157 Å². The lowest BCUT2D eigenvalue weighted by atomic mass is 9.70. The monoisotopic (exact) mass is 856 g/mol. The molecule has 0 aliphatic heterocycles. The Morgan fingerprint density at radius 2 is 1.12 bits per heavy atom. The van der Waals surface area contributed by atoms with Gasteiger partial charge in [-0.2, -0.15) is 0 Å². The first-order valence-electron chi connectivity index (χ1n) is 20.1. The number of esters is 2. The Balaban J connectivity index is 1.27. The van der Waals surface area contributed by atoms with E-state index in [0.717, 1.165) is 51.4 Å². The van der Waals surface area contributed by atoms with Gasteiger partial charge in [-0.15, -0.1) is 0 Å². The molecule has 0 radical (unpaired) electrons. The van der Waals surface area contributed by atoms with Crippen LogP contribution in [-0.4, -0.2) is 25.2 Å². The topological polar surface area (TPSA) is 52.6 Å². The second kappa shape index (κ2) is 16.2. The van der Waals surface area contributed by atoms with Crippen LogP contribution in [0.4, 0.5) is 0 Å². The van der Waals surface area contributed by atoms with Crippen LogP contribution in [0.1, 0.15) is 103 Å². The van der Waals surface area contributed by atoms with Crippen molar-refractivity contribution in [1.29, 1.82) is 0 Å². The second-order valence-corrected chi connectivity index (χ2v) is 18.2. The number of ether oxygens (including phenoxy) is 2. The molecule has 0 amide bonds. The van der Waals surface area contributed by atoms with E-state index in [-0.39, 0.29) is 22.8 Å². The molecule has 1 aliphatic rings. The van der Waals surface area contributed by atoms with Gasteiger partial charge in [0.05, 0.1) is 13.2 Å². The number of fused-ring (bicyclic) bond motifs is 3. The fourth-order valence-electron chi connectivity index (χ4n) is 8.79. The van der Waals surface area contributed by atoms with Gasteiger partial charge >= 0.3 is 11.9 Å². The van der Waals surface area contributed by atoms with Crippen LogP contribution in [-0.2, 0) is 29.9 Å². The summed E-state index contributed by atoms with van der Waals surface area (Å²) < 4.78 is 12.1. The molecule has 0 heterocycles. The third kappa shape index (κ3) is 7.76. The zero-order valence-electron chi connectivity index (χ0n) is 33.6. The normalized spacial score (nSPS) is 13.2. The fourth-order valence-corrected chi connectivity index (χ4v) is 9.28. The lowest BCUT2D eigenvalue weighted by Gasteiger charge is -2.33. The molecule has 4 nitrogen and oxygen atoms in total. The van der Waals surface area contributed by atoms with Crippen molar-refractivity contribution in [3.63, 3.8) is 0 Å². The van der Waals surface area contributed by atoms with E-state index in [1.165, 1.54) is 74.8 Å². The molecule has 0 atom stereocenters. The van der Waals surface area contributed by atoms with Gasteiger partial charge in [0.2, 0.25) is 0 Å². The summed E-state index contributed by atoms with van der Waals surface area (Å²) in [6.07, 6.45) is 7.54. The van der Waals surface area contributed by atoms with Gasteiger partial charge in [0, 0.05) is 20.1 Å². The molecule has 0 bridgehead atoms. The number of benzene rings is 6. The van der Waals surface area contributed by atoms with Gasteiger partial charge in [0.15, 0.2) is 0 Å². The molecule has 6 aromatic rings. The quantitative estimate of drug-likeness (QED) is 0.0339. The van der Waals surface area contributed by atoms with E-state index in [1.807, 2.05) is 0 Å². The smallest absolute Gasteiger partial charge is 0.333 e. The molecule has 0 fully saturated rings. The van der Waals surface area contributed by atoms with Gasteiger partial charge in [0.1, 0.15) is 0 Å². The highest BCUT2D eigenvalue weighted by Gasteiger charge is 2.42. The molecular formula is C51H53IO4. The second-order valence-electron chi connectivity index (χ2n) is 16.9. The lowest BCUT2D eigenvalue weighted by molar-refractivity contribution is -0.139. The molecule has 0 saturated carbocycles. The first-order chi connectivity index (χ1) is 26.8. The molecule has 56 heavy (non-hydrogen) atoms. The molecule has 5 heteroatoms. The van der Waals surface area contributed by atoms with Crippen LogP contribution in [0.15, 0.2) is 109 Å². The van der Waals surface area contributed by atoms with E-state index in [1.54, 1.807) is 13.8 Å². The first-order valence-corrected chi connectivity index (χ1v) is 21.2. The van der Waals surface area contributed by atoms with E-state index < -0.39 is 0 Å². The van der Waals surface area contributed by atoms with Crippen molar-refractivity contribution in [2.45, 2.75) is 96.8 Å². The largest absolute Gasteiger partial charge is 0.462 e. The molecule has 1 aliphatic carbocycles. The van der Waals surface area contributed by atoms with Gasteiger partial charge in [-0.3, -0.25) is 0 Å². The summed E-state index contributed by atoms with van der Waals surface area (Å²) >= 11 is 2.46. The van der Waals surface area contributed by atoms with E-state index in [4.69, 9.17) is 9.47 Å². The SMILES string of the molecule is C=C(C)C(=O)OCCCCCC1(CCCCCOC(=O)C(=C)C)c2cc(I)ccc2-c2ccc(-c3ccc4ccc5cc(C(C)(C)C)cc6ccc3c4c56)cc21. The van der Waals surface area contributed by atoms with E-state index in [0.29, 0.717) is 24.4 Å². The Morgan fingerprint density at radius 1 is 0.607 bits per heavy atom. The van der Waals surface area contributed by atoms with Crippen molar-refractivity contribution in [3.8, 4) is 22.3 Å². The summed E-state index contributed by atoms with van der Waals surface area (Å²) in [6.45, 7) is 18.5.